The van der Waals surface area contributed by atoms with Gasteiger partial charge in [0.05, 0.1) is 0 Å². The molecule has 1 aliphatic heterocycles. The average Bonchev–Trinajstić information content (AvgIpc) is 2.38. The molecule has 15 heavy (non-hydrogen) atoms. The fraction of sp³-hybridized carbons (Fsp3) is 0.727. The van der Waals surface area contributed by atoms with Gasteiger partial charge in [0.25, 0.3) is 0 Å². The molecule has 1 heterocycles. The van der Waals surface area contributed by atoms with E-state index in [1.165, 1.54) is 0 Å². The second-order valence-electron chi connectivity index (χ2n) is 4.09. The molecule has 4 heteroatoms. The molecule has 0 aliphatic carbocycles. The third kappa shape index (κ3) is 3.63. The number of nitrogens with one attached hydrogen (secondary N) is 2. The lowest BCUT2D eigenvalue weighted by Gasteiger charge is -2.17. The van der Waals surface area contributed by atoms with Crippen LogP contribution < -0.4 is 10.6 Å². The van der Waals surface area contributed by atoms with Gasteiger partial charge in [-0.2, -0.15) is 0 Å². The van der Waals surface area contributed by atoms with Crippen molar-refractivity contribution in [1.82, 2.24) is 10.6 Å². The van der Waals surface area contributed by atoms with Crippen LogP contribution in [0.15, 0.2) is 12.7 Å². The Labute approximate surface area is 90.1 Å². The molecule has 0 bridgehead atoms. The number of hydrogen-bond donors (Lipinski definition) is 2. The SMILES string of the molecule is C=CCNC(=O)C1CCNC(F)C(C)C1. The molecular formula is C11H19FN2O. The minimum atomic E-state index is -0.984. The summed E-state index contributed by atoms with van der Waals surface area (Å²) in [5.41, 5.74) is 0. The Morgan fingerprint density at radius 3 is 3.13 bits per heavy atom. The summed E-state index contributed by atoms with van der Waals surface area (Å²) in [6.07, 6.45) is 1.97. The molecule has 0 aromatic carbocycles. The first kappa shape index (κ1) is 12.2. The van der Waals surface area contributed by atoms with Crippen LogP contribution in [-0.4, -0.2) is 25.3 Å². The highest BCUT2D eigenvalue weighted by Crippen LogP contribution is 2.22. The summed E-state index contributed by atoms with van der Waals surface area (Å²) in [4.78, 5) is 11.7. The number of halogens is 1. The van der Waals surface area contributed by atoms with Crippen LogP contribution in [0.2, 0.25) is 0 Å². The zero-order valence-corrected chi connectivity index (χ0v) is 9.13. The summed E-state index contributed by atoms with van der Waals surface area (Å²) in [6, 6.07) is 0. The predicted octanol–water partition coefficient (Wildman–Crippen LogP) is 1.22. The molecule has 1 rings (SSSR count). The minimum absolute atomic E-state index is 0.0117. The van der Waals surface area contributed by atoms with Crippen molar-refractivity contribution in [2.24, 2.45) is 11.8 Å². The van der Waals surface area contributed by atoms with Crippen molar-refractivity contribution in [3.05, 3.63) is 12.7 Å². The number of rotatable bonds is 3. The van der Waals surface area contributed by atoms with Crippen LogP contribution in [-0.2, 0) is 4.79 Å². The summed E-state index contributed by atoms with van der Waals surface area (Å²) in [5.74, 6) is -0.169. The van der Waals surface area contributed by atoms with Crippen LogP contribution >= 0.6 is 0 Å². The van der Waals surface area contributed by atoms with Crippen LogP contribution in [0.3, 0.4) is 0 Å². The quantitative estimate of drug-likeness (QED) is 0.548. The van der Waals surface area contributed by atoms with Crippen LogP contribution in [0.1, 0.15) is 19.8 Å². The molecule has 1 fully saturated rings. The van der Waals surface area contributed by atoms with E-state index in [1.807, 2.05) is 6.92 Å². The van der Waals surface area contributed by atoms with Gasteiger partial charge >= 0.3 is 0 Å². The maximum atomic E-state index is 13.3. The van der Waals surface area contributed by atoms with E-state index in [0.29, 0.717) is 25.9 Å². The van der Waals surface area contributed by atoms with Gasteiger partial charge in [0.2, 0.25) is 5.91 Å². The van der Waals surface area contributed by atoms with E-state index >= 15 is 0 Å². The van der Waals surface area contributed by atoms with E-state index in [2.05, 4.69) is 17.2 Å². The van der Waals surface area contributed by atoms with E-state index in [-0.39, 0.29) is 17.7 Å². The van der Waals surface area contributed by atoms with Crippen LogP contribution in [0.5, 0.6) is 0 Å². The van der Waals surface area contributed by atoms with Crippen molar-refractivity contribution >= 4 is 5.91 Å². The Kier molecular flexibility index (Phi) is 4.75. The molecule has 3 atom stereocenters. The lowest BCUT2D eigenvalue weighted by Crippen LogP contribution is -2.31. The summed E-state index contributed by atoms with van der Waals surface area (Å²) in [7, 11) is 0. The van der Waals surface area contributed by atoms with Gasteiger partial charge in [-0.3, -0.25) is 10.1 Å². The molecule has 0 aromatic heterocycles. The maximum absolute atomic E-state index is 13.3. The van der Waals surface area contributed by atoms with E-state index < -0.39 is 6.30 Å². The Morgan fingerprint density at radius 2 is 2.47 bits per heavy atom. The first-order valence-electron chi connectivity index (χ1n) is 5.41. The van der Waals surface area contributed by atoms with Crippen molar-refractivity contribution in [3.8, 4) is 0 Å². The fourth-order valence-electron chi connectivity index (χ4n) is 1.84. The van der Waals surface area contributed by atoms with Crippen molar-refractivity contribution in [3.63, 3.8) is 0 Å². The van der Waals surface area contributed by atoms with Crippen molar-refractivity contribution < 1.29 is 9.18 Å². The Balaban J connectivity index is 2.46. The van der Waals surface area contributed by atoms with Crippen molar-refractivity contribution in [1.29, 1.82) is 0 Å². The first-order valence-corrected chi connectivity index (χ1v) is 5.41. The van der Waals surface area contributed by atoms with Gasteiger partial charge in [-0.25, -0.2) is 4.39 Å². The predicted molar refractivity (Wildman–Crippen MR) is 58.0 cm³/mol. The van der Waals surface area contributed by atoms with Crippen molar-refractivity contribution in [2.75, 3.05) is 13.1 Å². The second-order valence-corrected chi connectivity index (χ2v) is 4.09. The molecule has 0 saturated carbocycles. The lowest BCUT2D eigenvalue weighted by molar-refractivity contribution is -0.125. The third-order valence-corrected chi connectivity index (χ3v) is 2.78. The molecule has 0 aromatic rings. The molecule has 2 N–H and O–H groups in total. The maximum Gasteiger partial charge on any atom is 0.223 e. The minimum Gasteiger partial charge on any atom is -0.352 e. The average molecular weight is 214 g/mol. The number of amides is 1. The number of carbonyl (C=O) groups excluding carboxylic acids is 1. The fourth-order valence-corrected chi connectivity index (χ4v) is 1.84. The molecule has 1 aliphatic rings. The first-order chi connectivity index (χ1) is 7.15. The van der Waals surface area contributed by atoms with Gasteiger partial charge in [-0.15, -0.1) is 6.58 Å². The molecule has 0 radical (unpaired) electrons. The van der Waals surface area contributed by atoms with Crippen molar-refractivity contribution in [2.45, 2.75) is 26.1 Å². The van der Waals surface area contributed by atoms with E-state index in [1.54, 1.807) is 6.08 Å². The number of hydrogen-bond acceptors (Lipinski definition) is 2. The van der Waals surface area contributed by atoms with E-state index in [9.17, 15) is 9.18 Å². The zero-order valence-electron chi connectivity index (χ0n) is 9.13. The number of carbonyl (C=O) groups is 1. The smallest absolute Gasteiger partial charge is 0.223 e. The van der Waals surface area contributed by atoms with Gasteiger partial charge in [0.15, 0.2) is 6.30 Å². The molecule has 3 unspecified atom stereocenters. The normalized spacial score (nSPS) is 31.7. The topological polar surface area (TPSA) is 41.1 Å². The molecule has 1 saturated heterocycles. The Bertz CT molecular complexity index is 233. The summed E-state index contributed by atoms with van der Waals surface area (Å²) in [5, 5.41) is 5.53. The van der Waals surface area contributed by atoms with Crippen LogP contribution in [0.4, 0.5) is 4.39 Å². The van der Waals surface area contributed by atoms with Gasteiger partial charge in [-0.1, -0.05) is 13.0 Å². The number of alkyl halides is 1. The van der Waals surface area contributed by atoms with Gasteiger partial charge in [-0.05, 0) is 19.4 Å². The monoisotopic (exact) mass is 214 g/mol. The highest BCUT2D eigenvalue weighted by atomic mass is 19.1. The highest BCUT2D eigenvalue weighted by molar-refractivity contribution is 5.78. The second kappa shape index (κ2) is 5.85. The van der Waals surface area contributed by atoms with E-state index in [0.717, 1.165) is 0 Å². The standard InChI is InChI=1S/C11H19FN2O/c1-3-5-14-11(15)9-4-6-13-10(12)8(2)7-9/h3,8-10,13H,1,4-7H2,2H3,(H,14,15). The van der Waals surface area contributed by atoms with Gasteiger partial charge < -0.3 is 5.32 Å². The molecule has 86 valence electrons. The Morgan fingerprint density at radius 1 is 1.73 bits per heavy atom. The van der Waals surface area contributed by atoms with Gasteiger partial charge in [0, 0.05) is 18.4 Å². The summed E-state index contributed by atoms with van der Waals surface area (Å²) in [6.45, 7) is 6.42. The highest BCUT2D eigenvalue weighted by Gasteiger charge is 2.28. The third-order valence-electron chi connectivity index (χ3n) is 2.78. The van der Waals surface area contributed by atoms with E-state index in [4.69, 9.17) is 0 Å². The molecule has 1 amide bonds. The zero-order chi connectivity index (χ0) is 11.3. The van der Waals surface area contributed by atoms with Crippen LogP contribution in [0.25, 0.3) is 0 Å². The largest absolute Gasteiger partial charge is 0.352 e. The summed E-state index contributed by atoms with van der Waals surface area (Å²) < 4.78 is 13.3. The Hall–Kier alpha value is -0.900. The molecule has 3 nitrogen and oxygen atoms in total. The molecule has 0 spiro atoms. The molecular weight excluding hydrogens is 195 g/mol. The van der Waals surface area contributed by atoms with Crippen LogP contribution in [0, 0.1) is 11.8 Å². The summed E-state index contributed by atoms with van der Waals surface area (Å²) >= 11 is 0. The van der Waals surface area contributed by atoms with Gasteiger partial charge in [0.1, 0.15) is 0 Å². The lowest BCUT2D eigenvalue weighted by atomic mass is 9.93.